The molecule has 0 saturated heterocycles. The van der Waals surface area contributed by atoms with Crippen LogP contribution in [0, 0.1) is 13.8 Å². The molecule has 0 unspecified atom stereocenters. The molecule has 4 rings (SSSR count). The van der Waals surface area contributed by atoms with Crippen LogP contribution < -0.4 is 11.2 Å². The zero-order valence-corrected chi connectivity index (χ0v) is 15.6. The molecule has 27 heavy (non-hydrogen) atoms. The summed E-state index contributed by atoms with van der Waals surface area (Å²) in [4.78, 5) is 24.7. The summed E-state index contributed by atoms with van der Waals surface area (Å²) in [5.41, 5.74) is 9.44. The Morgan fingerprint density at radius 1 is 1.19 bits per heavy atom. The maximum Gasteiger partial charge on any atom is 0.195 e. The van der Waals surface area contributed by atoms with E-state index in [1.165, 1.54) is 0 Å². The second-order valence-electron chi connectivity index (χ2n) is 6.36. The maximum absolute atomic E-state index is 12.7. The summed E-state index contributed by atoms with van der Waals surface area (Å²) >= 11 is 6.16. The second-order valence-corrected chi connectivity index (χ2v) is 6.75. The lowest BCUT2D eigenvalue weighted by molar-refractivity contribution is 0.547. The number of aryl methyl sites for hydroxylation is 2. The van der Waals surface area contributed by atoms with Gasteiger partial charge in [0.05, 0.1) is 5.39 Å². The number of pyridine rings is 3. The Hall–Kier alpha value is -2.96. The standard InChI is InChI=1S/C20H17ClN4O2/c1-10-5-12(6-17(21)24-10)14-7-15-19(26)13(8-22)9-23-20(15)25-18(14)16-4-3-11(2)27-16/h3-7,9H,8,22H2,1-2H3,(H,23,25,26). The van der Waals surface area contributed by atoms with Crippen molar-refractivity contribution in [2.24, 2.45) is 5.73 Å². The van der Waals surface area contributed by atoms with Crippen LogP contribution in [-0.4, -0.2) is 15.0 Å². The molecule has 3 N–H and O–H groups in total. The molecule has 4 aromatic rings. The number of nitrogens with one attached hydrogen (secondary N) is 1. The molecule has 0 spiro atoms. The number of H-pyrrole nitrogens is 1. The molecule has 0 fully saturated rings. The Kier molecular flexibility index (Phi) is 4.30. The molecule has 7 heteroatoms. The molecular weight excluding hydrogens is 364 g/mol. The summed E-state index contributed by atoms with van der Waals surface area (Å²) in [5.74, 6) is 1.38. The number of hydrogen-bond donors (Lipinski definition) is 2. The van der Waals surface area contributed by atoms with Gasteiger partial charge in [-0.05, 0) is 49.7 Å². The highest BCUT2D eigenvalue weighted by Gasteiger charge is 2.17. The van der Waals surface area contributed by atoms with Crippen LogP contribution in [0.5, 0.6) is 0 Å². The minimum absolute atomic E-state index is 0.140. The molecule has 0 atom stereocenters. The van der Waals surface area contributed by atoms with Crippen molar-refractivity contribution >= 4 is 22.6 Å². The zero-order chi connectivity index (χ0) is 19.1. The third-order valence-electron chi connectivity index (χ3n) is 4.37. The van der Waals surface area contributed by atoms with Crippen LogP contribution in [0.4, 0.5) is 0 Å². The molecule has 6 nitrogen and oxygen atoms in total. The topological polar surface area (TPSA) is 97.8 Å². The Bertz CT molecular complexity index is 1210. The van der Waals surface area contributed by atoms with E-state index in [2.05, 4.69) is 15.0 Å². The van der Waals surface area contributed by atoms with Crippen molar-refractivity contribution in [3.05, 3.63) is 68.9 Å². The molecule has 0 aliphatic carbocycles. The minimum Gasteiger partial charge on any atom is -0.460 e. The van der Waals surface area contributed by atoms with Gasteiger partial charge < -0.3 is 15.1 Å². The number of nitrogens with zero attached hydrogens (tertiary/aromatic N) is 2. The lowest BCUT2D eigenvalue weighted by atomic mass is 10.0. The Labute approximate surface area is 160 Å². The van der Waals surface area contributed by atoms with Gasteiger partial charge >= 0.3 is 0 Å². The van der Waals surface area contributed by atoms with Gasteiger partial charge in [-0.2, -0.15) is 0 Å². The number of fused-ring (bicyclic) bond motifs is 1. The number of rotatable bonds is 3. The van der Waals surface area contributed by atoms with E-state index >= 15 is 0 Å². The largest absolute Gasteiger partial charge is 0.460 e. The fourth-order valence-corrected chi connectivity index (χ4v) is 3.35. The zero-order valence-electron chi connectivity index (χ0n) is 14.8. The molecule has 0 bridgehead atoms. The normalized spacial score (nSPS) is 11.3. The van der Waals surface area contributed by atoms with Gasteiger partial charge in [-0.25, -0.2) is 9.97 Å². The molecule has 0 amide bonds. The van der Waals surface area contributed by atoms with Crippen molar-refractivity contribution < 1.29 is 4.42 Å². The van der Waals surface area contributed by atoms with Crippen molar-refractivity contribution in [1.29, 1.82) is 0 Å². The Balaban J connectivity index is 2.09. The molecule has 0 aromatic carbocycles. The van der Waals surface area contributed by atoms with E-state index in [1.54, 1.807) is 18.3 Å². The third kappa shape index (κ3) is 3.13. The quantitative estimate of drug-likeness (QED) is 0.524. The van der Waals surface area contributed by atoms with E-state index in [0.717, 1.165) is 22.6 Å². The lowest BCUT2D eigenvalue weighted by Gasteiger charge is -2.11. The highest BCUT2D eigenvalue weighted by molar-refractivity contribution is 6.29. The van der Waals surface area contributed by atoms with E-state index in [4.69, 9.17) is 21.8 Å². The first kappa shape index (κ1) is 17.5. The number of hydrogen-bond acceptors (Lipinski definition) is 5. The van der Waals surface area contributed by atoms with E-state index in [9.17, 15) is 4.79 Å². The van der Waals surface area contributed by atoms with Gasteiger partial charge in [0.1, 0.15) is 22.3 Å². The fourth-order valence-electron chi connectivity index (χ4n) is 3.10. The number of nitrogens with two attached hydrogens (primary N) is 1. The van der Waals surface area contributed by atoms with Gasteiger partial charge in [0.2, 0.25) is 0 Å². The fraction of sp³-hybridized carbons (Fsp3) is 0.150. The molecule has 0 aliphatic heterocycles. The highest BCUT2D eigenvalue weighted by Crippen LogP contribution is 2.34. The summed E-state index contributed by atoms with van der Waals surface area (Å²) in [7, 11) is 0. The van der Waals surface area contributed by atoms with Gasteiger partial charge in [0.25, 0.3) is 0 Å². The monoisotopic (exact) mass is 380 g/mol. The van der Waals surface area contributed by atoms with Crippen molar-refractivity contribution in [3.63, 3.8) is 0 Å². The van der Waals surface area contributed by atoms with E-state index in [1.807, 2.05) is 32.0 Å². The Morgan fingerprint density at radius 2 is 2.00 bits per heavy atom. The molecule has 136 valence electrons. The molecular formula is C20H17ClN4O2. The van der Waals surface area contributed by atoms with Crippen LogP contribution >= 0.6 is 11.6 Å². The molecule has 0 saturated carbocycles. The van der Waals surface area contributed by atoms with E-state index in [0.29, 0.717) is 33.2 Å². The van der Waals surface area contributed by atoms with E-state index < -0.39 is 0 Å². The predicted molar refractivity (Wildman–Crippen MR) is 106 cm³/mol. The van der Waals surface area contributed by atoms with Crippen molar-refractivity contribution in [3.8, 4) is 22.6 Å². The van der Waals surface area contributed by atoms with Crippen LogP contribution in [0.15, 0.2) is 45.7 Å². The van der Waals surface area contributed by atoms with Gasteiger partial charge in [-0.3, -0.25) is 4.79 Å². The van der Waals surface area contributed by atoms with Crippen LogP contribution in [0.3, 0.4) is 0 Å². The molecule has 4 aromatic heterocycles. The van der Waals surface area contributed by atoms with Crippen LogP contribution in [0.25, 0.3) is 33.6 Å². The number of furan rings is 1. The Morgan fingerprint density at radius 3 is 2.67 bits per heavy atom. The number of halogens is 1. The number of aromatic nitrogens is 3. The van der Waals surface area contributed by atoms with Crippen LogP contribution in [0.2, 0.25) is 5.15 Å². The van der Waals surface area contributed by atoms with Gasteiger partial charge in [0.15, 0.2) is 11.2 Å². The van der Waals surface area contributed by atoms with Gasteiger partial charge in [-0.1, -0.05) is 11.6 Å². The van der Waals surface area contributed by atoms with Crippen molar-refractivity contribution in [1.82, 2.24) is 15.0 Å². The summed E-state index contributed by atoms with van der Waals surface area (Å²) in [6, 6.07) is 9.18. The lowest BCUT2D eigenvalue weighted by Crippen LogP contribution is -2.14. The highest BCUT2D eigenvalue weighted by atomic mass is 35.5. The first-order chi connectivity index (χ1) is 13.0. The summed E-state index contributed by atoms with van der Waals surface area (Å²) in [5, 5.41) is 0.835. The first-order valence-corrected chi connectivity index (χ1v) is 8.81. The van der Waals surface area contributed by atoms with Gasteiger partial charge in [0, 0.05) is 29.6 Å². The van der Waals surface area contributed by atoms with Gasteiger partial charge in [-0.15, -0.1) is 0 Å². The molecule has 4 heterocycles. The van der Waals surface area contributed by atoms with E-state index in [-0.39, 0.29) is 12.0 Å². The van der Waals surface area contributed by atoms with Crippen LogP contribution in [-0.2, 0) is 6.54 Å². The SMILES string of the molecule is Cc1cc(-c2cc3c(=O)c(CN)c[nH]c3nc2-c2ccc(C)o2)cc(Cl)n1. The van der Waals surface area contributed by atoms with Crippen LogP contribution in [0.1, 0.15) is 17.0 Å². The smallest absolute Gasteiger partial charge is 0.195 e. The average Bonchev–Trinajstić information content (AvgIpc) is 3.07. The summed E-state index contributed by atoms with van der Waals surface area (Å²) in [6.45, 7) is 3.88. The minimum atomic E-state index is -0.140. The number of aromatic amines is 1. The maximum atomic E-state index is 12.7. The second kappa shape index (κ2) is 6.64. The first-order valence-electron chi connectivity index (χ1n) is 8.43. The predicted octanol–water partition coefficient (Wildman–Crippen LogP) is 3.97. The molecule has 0 aliphatic rings. The average molecular weight is 381 g/mol. The third-order valence-corrected chi connectivity index (χ3v) is 4.56. The molecule has 0 radical (unpaired) electrons. The summed E-state index contributed by atoms with van der Waals surface area (Å²) in [6.07, 6.45) is 1.60. The summed E-state index contributed by atoms with van der Waals surface area (Å²) < 4.78 is 5.79. The van der Waals surface area contributed by atoms with Crippen molar-refractivity contribution in [2.75, 3.05) is 0 Å². The van der Waals surface area contributed by atoms with Crippen molar-refractivity contribution in [2.45, 2.75) is 20.4 Å².